The largest absolute Gasteiger partial charge is 0.394 e. The molecule has 1 aliphatic heterocycles. The molecule has 0 bridgehead atoms. The number of aromatic nitrogens is 2. The van der Waals surface area contributed by atoms with E-state index in [1.807, 2.05) is 38.1 Å². The summed E-state index contributed by atoms with van der Waals surface area (Å²) in [6, 6.07) is 8.87. The van der Waals surface area contributed by atoms with Crippen LogP contribution in [-0.2, 0) is 4.79 Å². The van der Waals surface area contributed by atoms with Gasteiger partial charge in [0.05, 0.1) is 24.4 Å². The van der Waals surface area contributed by atoms with Gasteiger partial charge in [0, 0.05) is 22.8 Å². The third-order valence-corrected chi connectivity index (χ3v) is 6.26. The second-order valence-corrected chi connectivity index (χ2v) is 8.13. The van der Waals surface area contributed by atoms with Gasteiger partial charge in [0.15, 0.2) is 0 Å². The number of hydrogen-bond donors (Lipinski definition) is 3. The van der Waals surface area contributed by atoms with Crippen LogP contribution in [0, 0.1) is 5.92 Å². The summed E-state index contributed by atoms with van der Waals surface area (Å²) < 4.78 is 0. The molecule has 0 spiro atoms. The van der Waals surface area contributed by atoms with Gasteiger partial charge in [-0.2, -0.15) is 0 Å². The SMILES string of the molecule is CCC(C)C(NC(=O)c1cc2c(cn1)[nH]c1ccccc12)C(=O)N1CCCC1CO. The van der Waals surface area contributed by atoms with Gasteiger partial charge < -0.3 is 20.3 Å². The molecule has 30 heavy (non-hydrogen) atoms. The Bertz CT molecular complexity index is 1080. The van der Waals surface area contributed by atoms with Crippen molar-refractivity contribution in [2.75, 3.05) is 13.2 Å². The molecule has 3 aromatic rings. The number of pyridine rings is 1. The molecule has 0 saturated carbocycles. The predicted molar refractivity (Wildman–Crippen MR) is 116 cm³/mol. The van der Waals surface area contributed by atoms with Crippen LogP contribution < -0.4 is 5.32 Å². The second kappa shape index (κ2) is 8.44. The van der Waals surface area contributed by atoms with Crippen molar-refractivity contribution in [3.05, 3.63) is 42.2 Å². The van der Waals surface area contributed by atoms with E-state index in [0.29, 0.717) is 6.54 Å². The van der Waals surface area contributed by atoms with Crippen molar-refractivity contribution < 1.29 is 14.7 Å². The van der Waals surface area contributed by atoms with Crippen LogP contribution in [0.1, 0.15) is 43.6 Å². The molecule has 3 atom stereocenters. The number of hydrogen-bond acceptors (Lipinski definition) is 4. The van der Waals surface area contributed by atoms with Gasteiger partial charge in [-0.25, -0.2) is 4.98 Å². The average molecular weight is 409 g/mol. The molecule has 1 aliphatic rings. The van der Waals surface area contributed by atoms with E-state index in [2.05, 4.69) is 15.3 Å². The number of carbonyl (C=O) groups excluding carboxylic acids is 2. The molecule has 7 heteroatoms. The van der Waals surface area contributed by atoms with E-state index < -0.39 is 6.04 Å². The number of aliphatic hydroxyl groups excluding tert-OH is 1. The summed E-state index contributed by atoms with van der Waals surface area (Å²) in [6.07, 6.45) is 4.08. The Hall–Kier alpha value is -2.93. The molecular formula is C23H28N4O3. The van der Waals surface area contributed by atoms with Crippen molar-refractivity contribution in [2.24, 2.45) is 5.92 Å². The lowest BCUT2D eigenvalue weighted by Crippen LogP contribution is -2.53. The van der Waals surface area contributed by atoms with E-state index in [0.717, 1.165) is 41.1 Å². The van der Waals surface area contributed by atoms with Crippen LogP contribution in [0.15, 0.2) is 36.5 Å². The number of carbonyl (C=O) groups is 2. The molecular weight excluding hydrogens is 380 g/mol. The maximum Gasteiger partial charge on any atom is 0.270 e. The van der Waals surface area contributed by atoms with E-state index in [4.69, 9.17) is 0 Å². The molecule has 1 fully saturated rings. The van der Waals surface area contributed by atoms with Crippen LogP contribution in [0.5, 0.6) is 0 Å². The molecule has 1 saturated heterocycles. The fraction of sp³-hybridized carbons (Fsp3) is 0.435. The molecule has 0 radical (unpaired) electrons. The Labute approximate surface area is 175 Å². The minimum Gasteiger partial charge on any atom is -0.394 e. The van der Waals surface area contributed by atoms with E-state index in [9.17, 15) is 14.7 Å². The third-order valence-electron chi connectivity index (χ3n) is 6.26. The van der Waals surface area contributed by atoms with Crippen LogP contribution in [0.2, 0.25) is 0 Å². The maximum atomic E-state index is 13.2. The lowest BCUT2D eigenvalue weighted by molar-refractivity contribution is -0.136. The molecule has 0 aliphatic carbocycles. The van der Waals surface area contributed by atoms with Crippen molar-refractivity contribution in [3.63, 3.8) is 0 Å². The van der Waals surface area contributed by atoms with Crippen LogP contribution >= 0.6 is 0 Å². The molecule has 3 heterocycles. The van der Waals surface area contributed by atoms with Gasteiger partial charge in [-0.15, -0.1) is 0 Å². The Balaban J connectivity index is 1.60. The van der Waals surface area contributed by atoms with Crippen molar-refractivity contribution in [2.45, 2.75) is 45.2 Å². The van der Waals surface area contributed by atoms with Gasteiger partial charge in [0.1, 0.15) is 11.7 Å². The van der Waals surface area contributed by atoms with Crippen LogP contribution in [0.4, 0.5) is 0 Å². The molecule has 3 unspecified atom stereocenters. The molecule has 2 aromatic heterocycles. The fourth-order valence-electron chi connectivity index (χ4n) is 4.27. The highest BCUT2D eigenvalue weighted by molar-refractivity contribution is 6.09. The zero-order chi connectivity index (χ0) is 21.3. The van der Waals surface area contributed by atoms with E-state index in [1.165, 1.54) is 0 Å². The summed E-state index contributed by atoms with van der Waals surface area (Å²) in [6.45, 7) is 4.53. The Morgan fingerprint density at radius 1 is 1.30 bits per heavy atom. The summed E-state index contributed by atoms with van der Waals surface area (Å²) in [7, 11) is 0. The highest BCUT2D eigenvalue weighted by Gasteiger charge is 2.36. The molecule has 3 N–H and O–H groups in total. The first-order valence-corrected chi connectivity index (χ1v) is 10.6. The quantitative estimate of drug-likeness (QED) is 0.584. The highest BCUT2D eigenvalue weighted by atomic mass is 16.3. The van der Waals surface area contributed by atoms with E-state index in [1.54, 1.807) is 17.2 Å². The van der Waals surface area contributed by atoms with Gasteiger partial charge in [-0.1, -0.05) is 38.5 Å². The van der Waals surface area contributed by atoms with E-state index in [-0.39, 0.29) is 36.1 Å². The van der Waals surface area contributed by atoms with Crippen molar-refractivity contribution in [3.8, 4) is 0 Å². The fourth-order valence-corrected chi connectivity index (χ4v) is 4.27. The predicted octanol–water partition coefficient (Wildman–Crippen LogP) is 2.84. The first-order chi connectivity index (χ1) is 14.5. The van der Waals surface area contributed by atoms with Crippen molar-refractivity contribution in [1.29, 1.82) is 0 Å². The van der Waals surface area contributed by atoms with Gasteiger partial charge in [-0.3, -0.25) is 9.59 Å². The molecule has 158 valence electrons. The summed E-state index contributed by atoms with van der Waals surface area (Å²) in [4.78, 5) is 35.6. The first-order valence-electron chi connectivity index (χ1n) is 10.6. The van der Waals surface area contributed by atoms with Gasteiger partial charge in [0.25, 0.3) is 5.91 Å². The summed E-state index contributed by atoms with van der Waals surface area (Å²) in [5.74, 6) is -0.513. The minimum atomic E-state index is -0.643. The number of nitrogens with zero attached hydrogens (tertiary/aromatic N) is 2. The monoisotopic (exact) mass is 408 g/mol. The third kappa shape index (κ3) is 3.65. The zero-order valence-corrected chi connectivity index (χ0v) is 17.4. The number of amides is 2. The molecule has 1 aromatic carbocycles. The highest BCUT2D eigenvalue weighted by Crippen LogP contribution is 2.25. The van der Waals surface area contributed by atoms with Gasteiger partial charge >= 0.3 is 0 Å². The number of H-pyrrole nitrogens is 1. The maximum absolute atomic E-state index is 13.2. The number of rotatable bonds is 6. The van der Waals surface area contributed by atoms with Gasteiger partial charge in [0.2, 0.25) is 5.91 Å². The van der Waals surface area contributed by atoms with Crippen LogP contribution in [0.25, 0.3) is 21.8 Å². The minimum absolute atomic E-state index is 0.0294. The number of aromatic amines is 1. The summed E-state index contributed by atoms with van der Waals surface area (Å²) in [5.41, 5.74) is 2.14. The molecule has 2 amide bonds. The number of likely N-dealkylation sites (tertiary alicyclic amines) is 1. The Kier molecular flexibility index (Phi) is 5.72. The average Bonchev–Trinajstić information content (AvgIpc) is 3.40. The normalized spacial score (nSPS) is 18.6. The topological polar surface area (TPSA) is 98.3 Å². The number of aliphatic hydroxyl groups is 1. The summed E-state index contributed by atoms with van der Waals surface area (Å²) in [5, 5.41) is 14.5. The van der Waals surface area contributed by atoms with Crippen molar-refractivity contribution in [1.82, 2.24) is 20.2 Å². The second-order valence-electron chi connectivity index (χ2n) is 8.13. The van der Waals surface area contributed by atoms with Gasteiger partial charge in [-0.05, 0) is 30.9 Å². The van der Waals surface area contributed by atoms with Crippen LogP contribution in [-0.4, -0.2) is 57.0 Å². The number of nitrogens with one attached hydrogen (secondary N) is 2. The number of benzene rings is 1. The van der Waals surface area contributed by atoms with E-state index >= 15 is 0 Å². The lowest BCUT2D eigenvalue weighted by Gasteiger charge is -2.31. The smallest absolute Gasteiger partial charge is 0.270 e. The first kappa shape index (κ1) is 20.3. The van der Waals surface area contributed by atoms with Crippen molar-refractivity contribution >= 4 is 33.6 Å². The summed E-state index contributed by atoms with van der Waals surface area (Å²) >= 11 is 0. The molecule has 7 nitrogen and oxygen atoms in total. The molecule has 4 rings (SSSR count). The Morgan fingerprint density at radius 3 is 2.87 bits per heavy atom. The number of fused-ring (bicyclic) bond motifs is 3. The lowest BCUT2D eigenvalue weighted by atomic mass is 9.97. The van der Waals surface area contributed by atoms with Crippen LogP contribution in [0.3, 0.4) is 0 Å². The Morgan fingerprint density at radius 2 is 2.10 bits per heavy atom. The zero-order valence-electron chi connectivity index (χ0n) is 17.4. The number of para-hydroxylation sites is 1. The standard InChI is InChI=1S/C23H28N4O3/c1-3-14(2)21(23(30)27-10-6-7-15(27)13-28)26-22(29)19-11-17-16-8-4-5-9-18(16)25-20(17)12-24-19/h4-5,8-9,11-12,14-15,21,25,28H,3,6-7,10,13H2,1-2H3,(H,26,29).